The number of aromatic nitrogens is 1. The molecule has 0 bridgehead atoms. The molecule has 2 atom stereocenters. The number of carbonyl (C=O) groups is 1. The van der Waals surface area contributed by atoms with Crippen LogP contribution in [0.1, 0.15) is 46.5 Å². The molecule has 2 aliphatic heterocycles. The molecule has 22 heavy (non-hydrogen) atoms. The molecule has 1 amide bonds. The number of H-pyrrole nitrogens is 1. The van der Waals surface area contributed by atoms with Crippen LogP contribution in [0.3, 0.4) is 0 Å². The van der Waals surface area contributed by atoms with Gasteiger partial charge in [-0.15, -0.1) is 11.3 Å². The molecule has 2 aromatic rings. The number of carbonyl (C=O) groups excluding carboxylic acids is 1. The lowest BCUT2D eigenvalue weighted by Crippen LogP contribution is -3.14. The van der Waals surface area contributed by atoms with Gasteiger partial charge in [-0.05, 0) is 31.5 Å². The number of hydrogen-bond acceptors (Lipinski definition) is 3. The number of amides is 1. The van der Waals surface area contributed by atoms with E-state index >= 15 is 0 Å². The standard InChI is InChI=1S/C16H20N4OS/c1-9(2)20-7-5-10-12(8-20)22-16-13(10)15(21)18-14(19-16)11-4-3-6-17-11/h3-4,6,9,14,17,19H,5,7-8H2,1-2H3,(H,18,21)/p+1/t14-/m1/s1. The number of nitrogens with one attached hydrogen (secondary N) is 4. The molecule has 0 radical (unpaired) electrons. The van der Waals surface area contributed by atoms with Crippen molar-refractivity contribution in [2.45, 2.75) is 39.0 Å². The molecule has 5 nitrogen and oxygen atoms in total. The van der Waals surface area contributed by atoms with Gasteiger partial charge in [0.2, 0.25) is 0 Å². The maximum absolute atomic E-state index is 12.6. The Bertz CT molecular complexity index is 704. The first-order valence-electron chi connectivity index (χ1n) is 7.83. The third-order valence-corrected chi connectivity index (χ3v) is 5.87. The van der Waals surface area contributed by atoms with E-state index in [4.69, 9.17) is 0 Å². The first-order valence-corrected chi connectivity index (χ1v) is 8.65. The highest BCUT2D eigenvalue weighted by Crippen LogP contribution is 2.38. The van der Waals surface area contributed by atoms with E-state index in [2.05, 4.69) is 29.5 Å². The van der Waals surface area contributed by atoms with Gasteiger partial charge in [-0.2, -0.15) is 0 Å². The molecular formula is C16H21N4OS+. The van der Waals surface area contributed by atoms with Gasteiger partial charge in [0.25, 0.3) is 5.91 Å². The molecule has 4 N–H and O–H groups in total. The molecule has 0 aromatic carbocycles. The minimum absolute atomic E-state index is 0.0545. The second-order valence-electron chi connectivity index (χ2n) is 6.37. The molecule has 116 valence electrons. The average Bonchev–Trinajstić information content (AvgIpc) is 3.13. The van der Waals surface area contributed by atoms with E-state index in [9.17, 15) is 4.79 Å². The Labute approximate surface area is 133 Å². The maximum atomic E-state index is 12.6. The van der Waals surface area contributed by atoms with Crippen LogP contribution in [0, 0.1) is 0 Å². The average molecular weight is 317 g/mol. The van der Waals surface area contributed by atoms with E-state index in [1.54, 1.807) is 16.2 Å². The summed E-state index contributed by atoms with van der Waals surface area (Å²) in [5.41, 5.74) is 3.13. The van der Waals surface area contributed by atoms with Crippen molar-refractivity contribution in [2.75, 3.05) is 11.9 Å². The van der Waals surface area contributed by atoms with Crippen LogP contribution in [0.5, 0.6) is 0 Å². The number of quaternary nitrogens is 1. The van der Waals surface area contributed by atoms with Gasteiger partial charge >= 0.3 is 0 Å². The lowest BCUT2D eigenvalue weighted by Gasteiger charge is -2.28. The summed E-state index contributed by atoms with van der Waals surface area (Å²) in [7, 11) is 0. The van der Waals surface area contributed by atoms with Gasteiger partial charge in [0.05, 0.1) is 28.7 Å². The van der Waals surface area contributed by atoms with Crippen LogP contribution in [-0.4, -0.2) is 23.5 Å². The minimum Gasteiger partial charge on any atom is -0.362 e. The quantitative estimate of drug-likeness (QED) is 0.674. The van der Waals surface area contributed by atoms with Crippen molar-refractivity contribution < 1.29 is 9.69 Å². The topological polar surface area (TPSA) is 61.4 Å². The van der Waals surface area contributed by atoms with Crippen molar-refractivity contribution >= 4 is 22.2 Å². The fourth-order valence-corrected chi connectivity index (χ4v) is 4.71. The number of fused-ring (bicyclic) bond motifs is 3. The molecule has 0 saturated heterocycles. The predicted molar refractivity (Wildman–Crippen MR) is 87.3 cm³/mol. The molecule has 0 spiro atoms. The van der Waals surface area contributed by atoms with E-state index in [0.717, 1.165) is 35.8 Å². The first kappa shape index (κ1) is 13.8. The van der Waals surface area contributed by atoms with Crippen molar-refractivity contribution in [1.82, 2.24) is 10.3 Å². The van der Waals surface area contributed by atoms with Crippen LogP contribution in [0.2, 0.25) is 0 Å². The number of hydrogen-bond donors (Lipinski definition) is 4. The van der Waals surface area contributed by atoms with E-state index in [-0.39, 0.29) is 12.1 Å². The molecule has 2 aliphatic rings. The van der Waals surface area contributed by atoms with Crippen molar-refractivity contribution in [3.8, 4) is 0 Å². The lowest BCUT2D eigenvalue weighted by atomic mass is 10.00. The summed E-state index contributed by atoms with van der Waals surface area (Å²) in [6, 6.07) is 4.56. The molecule has 4 heterocycles. The Hall–Kier alpha value is -1.79. The minimum atomic E-state index is -0.163. The molecule has 1 unspecified atom stereocenters. The van der Waals surface area contributed by atoms with Gasteiger partial charge in [-0.25, -0.2) is 0 Å². The van der Waals surface area contributed by atoms with Crippen LogP contribution >= 0.6 is 11.3 Å². The molecule has 2 aromatic heterocycles. The monoisotopic (exact) mass is 317 g/mol. The second-order valence-corrected chi connectivity index (χ2v) is 7.48. The summed E-state index contributed by atoms with van der Waals surface area (Å²) in [5, 5.41) is 7.57. The third kappa shape index (κ3) is 2.14. The summed E-state index contributed by atoms with van der Waals surface area (Å²) in [6.07, 6.45) is 2.71. The van der Waals surface area contributed by atoms with Gasteiger partial charge in [-0.3, -0.25) is 4.79 Å². The Morgan fingerprint density at radius 3 is 2.95 bits per heavy atom. The van der Waals surface area contributed by atoms with Crippen LogP contribution in [0.15, 0.2) is 18.3 Å². The van der Waals surface area contributed by atoms with E-state index in [1.165, 1.54) is 10.4 Å². The lowest BCUT2D eigenvalue weighted by molar-refractivity contribution is -0.936. The van der Waals surface area contributed by atoms with Gasteiger partial charge in [0.15, 0.2) is 0 Å². The van der Waals surface area contributed by atoms with Gasteiger partial charge in [0.1, 0.15) is 17.7 Å². The maximum Gasteiger partial charge on any atom is 0.256 e. The summed E-state index contributed by atoms with van der Waals surface area (Å²) in [6.45, 7) is 6.67. The molecule has 0 saturated carbocycles. The van der Waals surface area contributed by atoms with Gasteiger partial charge < -0.3 is 20.5 Å². The van der Waals surface area contributed by atoms with Crippen LogP contribution in [-0.2, 0) is 13.0 Å². The van der Waals surface area contributed by atoms with Gasteiger partial charge in [0, 0.05) is 12.6 Å². The van der Waals surface area contributed by atoms with Crippen molar-refractivity contribution in [2.24, 2.45) is 0 Å². The van der Waals surface area contributed by atoms with E-state index < -0.39 is 0 Å². The summed E-state index contributed by atoms with van der Waals surface area (Å²) < 4.78 is 0. The fraction of sp³-hybridized carbons (Fsp3) is 0.438. The Kier molecular flexibility index (Phi) is 3.23. The second kappa shape index (κ2) is 5.14. The number of anilines is 1. The van der Waals surface area contributed by atoms with Crippen molar-refractivity contribution in [3.05, 3.63) is 40.0 Å². The smallest absolute Gasteiger partial charge is 0.256 e. The molecular weight excluding hydrogens is 296 g/mol. The van der Waals surface area contributed by atoms with Crippen molar-refractivity contribution in [1.29, 1.82) is 0 Å². The van der Waals surface area contributed by atoms with Crippen LogP contribution in [0.4, 0.5) is 5.00 Å². The SMILES string of the molecule is CC(C)[NH+]1CCc2c(sc3c2C(=O)N[C@@H](c2ccc[nH]2)N3)C1. The van der Waals surface area contributed by atoms with Crippen molar-refractivity contribution in [3.63, 3.8) is 0 Å². The van der Waals surface area contributed by atoms with Crippen LogP contribution in [0.25, 0.3) is 0 Å². The number of aromatic amines is 1. The third-order valence-electron chi connectivity index (χ3n) is 4.70. The molecule has 6 heteroatoms. The van der Waals surface area contributed by atoms with Crippen LogP contribution < -0.4 is 15.5 Å². The first-order chi connectivity index (χ1) is 10.6. The zero-order chi connectivity index (χ0) is 15.3. The normalized spacial score (nSPS) is 23.7. The largest absolute Gasteiger partial charge is 0.362 e. The highest BCUT2D eigenvalue weighted by Gasteiger charge is 2.35. The molecule has 0 fully saturated rings. The Morgan fingerprint density at radius 1 is 1.36 bits per heavy atom. The molecule has 4 rings (SSSR count). The zero-order valence-electron chi connectivity index (χ0n) is 12.8. The zero-order valence-corrected chi connectivity index (χ0v) is 13.6. The van der Waals surface area contributed by atoms with E-state index in [0.29, 0.717) is 6.04 Å². The number of rotatable bonds is 2. The predicted octanol–water partition coefficient (Wildman–Crippen LogP) is 1.28. The molecule has 0 aliphatic carbocycles. The fourth-order valence-electron chi connectivity index (χ4n) is 3.38. The summed E-state index contributed by atoms with van der Waals surface area (Å²) in [4.78, 5) is 18.7. The highest BCUT2D eigenvalue weighted by molar-refractivity contribution is 7.16. The Balaban J connectivity index is 1.67. The Morgan fingerprint density at radius 2 is 2.23 bits per heavy atom. The van der Waals surface area contributed by atoms with Gasteiger partial charge in [-0.1, -0.05) is 0 Å². The number of thiophene rings is 1. The summed E-state index contributed by atoms with van der Waals surface area (Å²) >= 11 is 1.76. The highest BCUT2D eigenvalue weighted by atomic mass is 32.1. The van der Waals surface area contributed by atoms with E-state index in [1.807, 2.05) is 18.3 Å². The summed E-state index contributed by atoms with van der Waals surface area (Å²) in [5.74, 6) is 0.0545.